The fraction of sp³-hybridized carbons (Fsp3) is 0.167. The minimum absolute atomic E-state index is 0.230. The number of amides is 1. The second-order valence-electron chi connectivity index (χ2n) is 5.23. The predicted molar refractivity (Wildman–Crippen MR) is 102 cm³/mol. The standard InChI is InChI=1S/C18H17N3O3S2/c1-12(24-14-9-7-13(23-2)8-10-14)17(22)20-15-5-3-4-6-16(15)26-18-21-19-11-25-18/h3-12H,1-2H3,(H,20,22). The smallest absolute Gasteiger partial charge is 0.265 e. The van der Waals surface area contributed by atoms with Crippen LogP contribution in [-0.2, 0) is 4.79 Å². The van der Waals surface area contributed by atoms with Crippen LogP contribution in [0, 0.1) is 0 Å². The van der Waals surface area contributed by atoms with E-state index in [4.69, 9.17) is 9.47 Å². The van der Waals surface area contributed by atoms with Crippen molar-refractivity contribution in [3.63, 3.8) is 0 Å². The molecule has 3 aromatic rings. The molecule has 1 amide bonds. The minimum atomic E-state index is -0.650. The van der Waals surface area contributed by atoms with Crippen LogP contribution in [0.25, 0.3) is 0 Å². The molecule has 0 saturated heterocycles. The molecule has 1 atom stereocenters. The lowest BCUT2D eigenvalue weighted by atomic mass is 10.3. The average Bonchev–Trinajstić information content (AvgIpc) is 3.17. The van der Waals surface area contributed by atoms with Gasteiger partial charge in [0.25, 0.3) is 5.91 Å². The summed E-state index contributed by atoms with van der Waals surface area (Å²) in [6.07, 6.45) is -0.650. The Morgan fingerprint density at radius 2 is 1.88 bits per heavy atom. The van der Waals surface area contributed by atoms with Gasteiger partial charge in [-0.1, -0.05) is 35.2 Å². The molecule has 0 aliphatic carbocycles. The molecule has 3 rings (SSSR count). The molecule has 0 fully saturated rings. The number of ether oxygens (including phenoxy) is 2. The van der Waals surface area contributed by atoms with Gasteiger partial charge >= 0.3 is 0 Å². The largest absolute Gasteiger partial charge is 0.497 e. The molecular weight excluding hydrogens is 370 g/mol. The fourth-order valence-electron chi connectivity index (χ4n) is 2.11. The highest BCUT2D eigenvalue weighted by atomic mass is 32.2. The highest BCUT2D eigenvalue weighted by Crippen LogP contribution is 2.34. The van der Waals surface area contributed by atoms with E-state index in [9.17, 15) is 4.79 Å². The molecule has 6 nitrogen and oxygen atoms in total. The first-order chi connectivity index (χ1) is 12.7. The lowest BCUT2D eigenvalue weighted by Gasteiger charge is -2.16. The van der Waals surface area contributed by atoms with E-state index in [1.165, 1.54) is 23.1 Å². The Balaban J connectivity index is 1.65. The zero-order valence-electron chi connectivity index (χ0n) is 14.2. The van der Waals surface area contributed by atoms with E-state index in [-0.39, 0.29) is 5.91 Å². The van der Waals surface area contributed by atoms with Crippen molar-refractivity contribution < 1.29 is 14.3 Å². The Morgan fingerprint density at radius 3 is 2.58 bits per heavy atom. The number of hydrogen-bond acceptors (Lipinski definition) is 7. The van der Waals surface area contributed by atoms with Gasteiger partial charge in [-0.2, -0.15) is 0 Å². The number of nitrogens with zero attached hydrogens (tertiary/aromatic N) is 2. The Kier molecular flexibility index (Phi) is 6.08. The maximum Gasteiger partial charge on any atom is 0.265 e. The first-order valence-corrected chi connectivity index (χ1v) is 9.50. The van der Waals surface area contributed by atoms with Crippen LogP contribution in [0.5, 0.6) is 11.5 Å². The van der Waals surface area contributed by atoms with E-state index in [0.29, 0.717) is 11.4 Å². The van der Waals surface area contributed by atoms with Crippen LogP contribution in [-0.4, -0.2) is 29.3 Å². The molecule has 0 aliphatic heterocycles. The van der Waals surface area contributed by atoms with E-state index < -0.39 is 6.10 Å². The molecule has 0 saturated carbocycles. The van der Waals surface area contributed by atoms with Gasteiger partial charge in [0.2, 0.25) is 0 Å². The summed E-state index contributed by atoms with van der Waals surface area (Å²) in [5, 5.41) is 10.8. The van der Waals surface area contributed by atoms with Gasteiger partial charge in [0.05, 0.1) is 12.8 Å². The minimum Gasteiger partial charge on any atom is -0.497 e. The van der Waals surface area contributed by atoms with Crippen molar-refractivity contribution in [1.82, 2.24) is 10.2 Å². The molecule has 1 aromatic heterocycles. The van der Waals surface area contributed by atoms with E-state index >= 15 is 0 Å². The average molecular weight is 387 g/mol. The third-order valence-electron chi connectivity index (χ3n) is 3.42. The zero-order chi connectivity index (χ0) is 18.4. The molecule has 0 radical (unpaired) electrons. The van der Waals surface area contributed by atoms with E-state index in [2.05, 4.69) is 15.5 Å². The van der Waals surface area contributed by atoms with Crippen LogP contribution in [0.15, 0.2) is 63.3 Å². The SMILES string of the molecule is COc1ccc(OC(C)C(=O)Nc2ccccc2Sc2nncs2)cc1. The lowest BCUT2D eigenvalue weighted by molar-refractivity contribution is -0.122. The van der Waals surface area contributed by atoms with Crippen molar-refractivity contribution in [1.29, 1.82) is 0 Å². The summed E-state index contributed by atoms with van der Waals surface area (Å²) in [7, 11) is 1.60. The fourth-order valence-corrected chi connectivity index (χ4v) is 3.63. The number of rotatable bonds is 7. The van der Waals surface area contributed by atoms with Gasteiger partial charge in [-0.15, -0.1) is 10.2 Å². The van der Waals surface area contributed by atoms with Gasteiger partial charge in [0.1, 0.15) is 17.0 Å². The number of carbonyl (C=O) groups is 1. The second-order valence-corrected chi connectivity index (χ2v) is 7.35. The molecule has 8 heteroatoms. The third-order valence-corrected chi connectivity index (χ3v) is 5.28. The third kappa shape index (κ3) is 4.74. The molecule has 1 N–H and O–H groups in total. The first-order valence-electron chi connectivity index (χ1n) is 7.80. The Hall–Kier alpha value is -2.58. The Morgan fingerprint density at radius 1 is 1.15 bits per heavy atom. The zero-order valence-corrected chi connectivity index (χ0v) is 15.8. The quantitative estimate of drug-likeness (QED) is 0.658. The van der Waals surface area contributed by atoms with Gasteiger partial charge < -0.3 is 14.8 Å². The predicted octanol–water partition coefficient (Wildman–Crippen LogP) is 4.10. The van der Waals surface area contributed by atoms with E-state index in [1.54, 1.807) is 43.8 Å². The molecule has 26 heavy (non-hydrogen) atoms. The maximum absolute atomic E-state index is 12.5. The van der Waals surface area contributed by atoms with Gasteiger partial charge in [0.15, 0.2) is 10.4 Å². The van der Waals surface area contributed by atoms with Crippen molar-refractivity contribution in [3.8, 4) is 11.5 Å². The highest BCUT2D eigenvalue weighted by molar-refractivity contribution is 8.01. The summed E-state index contributed by atoms with van der Waals surface area (Å²) in [6.45, 7) is 1.71. The van der Waals surface area contributed by atoms with Gasteiger partial charge in [0, 0.05) is 4.90 Å². The molecule has 134 valence electrons. The monoisotopic (exact) mass is 387 g/mol. The Labute approximate surface area is 159 Å². The number of anilines is 1. The number of aromatic nitrogens is 2. The molecule has 1 unspecified atom stereocenters. The van der Waals surface area contributed by atoms with Crippen molar-refractivity contribution in [2.45, 2.75) is 22.3 Å². The van der Waals surface area contributed by atoms with Crippen molar-refractivity contribution >= 4 is 34.7 Å². The first kappa shape index (κ1) is 18.2. The van der Waals surface area contributed by atoms with Crippen molar-refractivity contribution in [2.24, 2.45) is 0 Å². The summed E-state index contributed by atoms with van der Waals surface area (Å²) in [5.74, 6) is 1.10. The maximum atomic E-state index is 12.5. The number of nitrogens with one attached hydrogen (secondary N) is 1. The van der Waals surface area contributed by atoms with Crippen molar-refractivity contribution in [3.05, 3.63) is 54.0 Å². The van der Waals surface area contributed by atoms with Crippen LogP contribution in [0.1, 0.15) is 6.92 Å². The number of hydrogen-bond donors (Lipinski definition) is 1. The summed E-state index contributed by atoms with van der Waals surface area (Å²) < 4.78 is 11.6. The number of benzene rings is 2. The van der Waals surface area contributed by atoms with E-state index in [0.717, 1.165) is 15.0 Å². The van der Waals surface area contributed by atoms with Crippen LogP contribution in [0.3, 0.4) is 0 Å². The molecule has 0 aliphatic rings. The lowest BCUT2D eigenvalue weighted by Crippen LogP contribution is -2.30. The topological polar surface area (TPSA) is 73.3 Å². The summed E-state index contributed by atoms with van der Waals surface area (Å²) in [6, 6.07) is 14.7. The summed E-state index contributed by atoms with van der Waals surface area (Å²) in [5.41, 5.74) is 2.39. The van der Waals surface area contributed by atoms with Crippen LogP contribution in [0.4, 0.5) is 5.69 Å². The number of para-hydroxylation sites is 1. The van der Waals surface area contributed by atoms with Crippen LogP contribution < -0.4 is 14.8 Å². The number of carbonyl (C=O) groups excluding carboxylic acids is 1. The summed E-state index contributed by atoms with van der Waals surface area (Å²) in [4.78, 5) is 13.4. The molecule has 0 spiro atoms. The van der Waals surface area contributed by atoms with Gasteiger partial charge in [-0.25, -0.2) is 0 Å². The van der Waals surface area contributed by atoms with Crippen LogP contribution in [0.2, 0.25) is 0 Å². The molecule has 0 bridgehead atoms. The number of methoxy groups -OCH3 is 1. The van der Waals surface area contributed by atoms with E-state index in [1.807, 2.05) is 24.3 Å². The summed E-state index contributed by atoms with van der Waals surface area (Å²) >= 11 is 2.91. The Bertz CT molecular complexity index is 854. The van der Waals surface area contributed by atoms with Crippen molar-refractivity contribution in [2.75, 3.05) is 12.4 Å². The normalized spacial score (nSPS) is 11.6. The highest BCUT2D eigenvalue weighted by Gasteiger charge is 2.17. The second kappa shape index (κ2) is 8.68. The molecular formula is C18H17N3O3S2. The molecule has 2 aromatic carbocycles. The molecule has 1 heterocycles. The van der Waals surface area contributed by atoms with Gasteiger partial charge in [-0.05, 0) is 43.3 Å². The van der Waals surface area contributed by atoms with Gasteiger partial charge in [-0.3, -0.25) is 4.79 Å². The van der Waals surface area contributed by atoms with Crippen LogP contribution >= 0.6 is 23.1 Å².